The Labute approximate surface area is 224 Å². The van der Waals surface area contributed by atoms with Crippen molar-refractivity contribution in [1.82, 2.24) is 0 Å². The molecule has 0 spiro atoms. The van der Waals surface area contributed by atoms with Gasteiger partial charge in [0, 0.05) is 11.5 Å². The molecular formula is C33H35FO4. The lowest BCUT2D eigenvalue weighted by Crippen LogP contribution is -2.10. The fourth-order valence-electron chi connectivity index (χ4n) is 4.42. The highest BCUT2D eigenvalue weighted by Crippen LogP contribution is 2.35. The molecule has 1 fully saturated rings. The summed E-state index contributed by atoms with van der Waals surface area (Å²) in [4.78, 5) is 11.4. The molecule has 198 valence electrons. The van der Waals surface area contributed by atoms with Crippen molar-refractivity contribution in [2.45, 2.75) is 59.0 Å². The summed E-state index contributed by atoms with van der Waals surface area (Å²) in [6.07, 6.45) is 2.91. The van der Waals surface area contributed by atoms with Crippen molar-refractivity contribution in [3.05, 3.63) is 83.2 Å². The highest BCUT2D eigenvalue weighted by molar-refractivity contribution is 5.71. The van der Waals surface area contributed by atoms with E-state index in [0.29, 0.717) is 29.6 Å². The molecule has 1 aliphatic carbocycles. The molecule has 0 heterocycles. The lowest BCUT2D eigenvalue weighted by Gasteiger charge is -2.22. The van der Waals surface area contributed by atoms with E-state index in [1.54, 1.807) is 19.2 Å². The molecule has 5 heteroatoms. The number of halogens is 1. The Hall–Kier alpha value is -3.78. The monoisotopic (exact) mass is 514 g/mol. The van der Waals surface area contributed by atoms with Gasteiger partial charge in [-0.3, -0.25) is 4.79 Å². The normalized spacial score (nSPS) is 13.8. The van der Waals surface area contributed by atoms with Crippen molar-refractivity contribution in [2.24, 2.45) is 11.3 Å². The molecule has 4 nitrogen and oxygen atoms in total. The average molecular weight is 515 g/mol. The second-order valence-corrected chi connectivity index (χ2v) is 11.1. The molecule has 0 radical (unpaired) electrons. The van der Waals surface area contributed by atoms with E-state index in [4.69, 9.17) is 9.47 Å². The third-order valence-electron chi connectivity index (χ3n) is 6.44. The fourth-order valence-corrected chi connectivity index (χ4v) is 4.42. The summed E-state index contributed by atoms with van der Waals surface area (Å²) in [5.74, 6) is 6.60. The smallest absolute Gasteiger partial charge is 0.304 e. The van der Waals surface area contributed by atoms with Crippen LogP contribution in [0.5, 0.6) is 11.5 Å². The first kappa shape index (κ1) is 27.3. The number of aliphatic carboxylic acids is 1. The van der Waals surface area contributed by atoms with E-state index in [-0.39, 0.29) is 23.6 Å². The van der Waals surface area contributed by atoms with Crippen molar-refractivity contribution in [3.63, 3.8) is 0 Å². The summed E-state index contributed by atoms with van der Waals surface area (Å²) in [6.45, 7) is 6.78. The van der Waals surface area contributed by atoms with E-state index < -0.39 is 5.97 Å². The molecule has 0 aliphatic heterocycles. The van der Waals surface area contributed by atoms with Gasteiger partial charge < -0.3 is 14.6 Å². The third kappa shape index (κ3) is 7.61. The Morgan fingerprint density at radius 2 is 1.82 bits per heavy atom. The van der Waals surface area contributed by atoms with Crippen LogP contribution in [-0.4, -0.2) is 18.2 Å². The number of hydrogen-bond donors (Lipinski definition) is 1. The Morgan fingerprint density at radius 3 is 2.50 bits per heavy atom. The van der Waals surface area contributed by atoms with Crippen molar-refractivity contribution in [1.29, 1.82) is 0 Å². The zero-order valence-electron chi connectivity index (χ0n) is 22.5. The van der Waals surface area contributed by atoms with Crippen LogP contribution in [0.2, 0.25) is 0 Å². The predicted octanol–water partition coefficient (Wildman–Crippen LogP) is 7.64. The minimum Gasteiger partial charge on any atom is -0.497 e. The summed E-state index contributed by atoms with van der Waals surface area (Å²) >= 11 is 0. The molecule has 1 aliphatic rings. The zero-order valence-corrected chi connectivity index (χ0v) is 22.5. The van der Waals surface area contributed by atoms with Gasteiger partial charge in [0.25, 0.3) is 0 Å². The van der Waals surface area contributed by atoms with Gasteiger partial charge in [0.15, 0.2) is 0 Å². The molecule has 0 bridgehead atoms. The van der Waals surface area contributed by atoms with Crippen LogP contribution in [0.15, 0.2) is 60.7 Å². The molecule has 4 rings (SSSR count). The van der Waals surface area contributed by atoms with E-state index in [1.165, 1.54) is 6.07 Å². The molecule has 0 amide bonds. The summed E-state index contributed by atoms with van der Waals surface area (Å²) in [5.41, 5.74) is 4.12. The van der Waals surface area contributed by atoms with Crippen molar-refractivity contribution in [2.75, 3.05) is 7.11 Å². The third-order valence-corrected chi connectivity index (χ3v) is 6.44. The van der Waals surface area contributed by atoms with E-state index in [0.717, 1.165) is 41.5 Å². The maximum absolute atomic E-state index is 14.8. The molecule has 38 heavy (non-hydrogen) atoms. The van der Waals surface area contributed by atoms with Gasteiger partial charge in [-0.15, -0.1) is 0 Å². The number of rotatable bonds is 9. The van der Waals surface area contributed by atoms with Crippen molar-refractivity contribution in [3.8, 4) is 34.5 Å². The Bertz CT molecular complexity index is 1360. The summed E-state index contributed by atoms with van der Waals surface area (Å²) in [6, 6.07) is 18.3. The molecular weight excluding hydrogens is 479 g/mol. The SMILES string of the molecule is COc1ccc(F)c(-c2ccc(OCc3cccc(C(C#CC4CC4)CC(=O)O)c3)cc2CC(C)(C)C)c1. The van der Waals surface area contributed by atoms with Gasteiger partial charge >= 0.3 is 5.97 Å². The van der Waals surface area contributed by atoms with Gasteiger partial charge in [-0.2, -0.15) is 0 Å². The van der Waals surface area contributed by atoms with Crippen LogP contribution in [0.3, 0.4) is 0 Å². The maximum Gasteiger partial charge on any atom is 0.304 e. The van der Waals surface area contributed by atoms with Gasteiger partial charge in [0.1, 0.15) is 23.9 Å². The minimum absolute atomic E-state index is 0.0162. The number of methoxy groups -OCH3 is 1. The maximum atomic E-state index is 14.8. The Morgan fingerprint density at radius 1 is 1.05 bits per heavy atom. The molecule has 1 unspecified atom stereocenters. The van der Waals surface area contributed by atoms with Crippen LogP contribution >= 0.6 is 0 Å². The second-order valence-electron chi connectivity index (χ2n) is 11.1. The average Bonchev–Trinajstić information content (AvgIpc) is 3.70. The molecule has 1 atom stereocenters. The Balaban J connectivity index is 1.57. The molecule has 3 aromatic rings. The van der Waals surface area contributed by atoms with Gasteiger partial charge in [-0.05, 0) is 77.3 Å². The lowest BCUT2D eigenvalue weighted by molar-refractivity contribution is -0.137. The topological polar surface area (TPSA) is 55.8 Å². The number of hydrogen-bond acceptors (Lipinski definition) is 3. The highest BCUT2D eigenvalue weighted by Gasteiger charge is 2.20. The Kier molecular flexibility index (Phi) is 8.42. The summed E-state index contributed by atoms with van der Waals surface area (Å²) < 4.78 is 26.3. The van der Waals surface area contributed by atoms with Crippen LogP contribution in [0.25, 0.3) is 11.1 Å². The second kappa shape index (κ2) is 11.7. The van der Waals surface area contributed by atoms with Crippen LogP contribution in [0.1, 0.15) is 62.6 Å². The van der Waals surface area contributed by atoms with E-state index in [1.807, 2.05) is 42.5 Å². The van der Waals surface area contributed by atoms with E-state index >= 15 is 0 Å². The number of ether oxygens (including phenoxy) is 2. The predicted molar refractivity (Wildman–Crippen MR) is 148 cm³/mol. The summed E-state index contributed by atoms with van der Waals surface area (Å²) in [7, 11) is 1.57. The van der Waals surface area contributed by atoms with Gasteiger partial charge in [0.2, 0.25) is 0 Å². The van der Waals surface area contributed by atoms with Crippen molar-refractivity contribution < 1.29 is 23.8 Å². The first-order valence-electron chi connectivity index (χ1n) is 13.0. The molecule has 1 N–H and O–H groups in total. The number of benzene rings is 3. The van der Waals surface area contributed by atoms with E-state index in [9.17, 15) is 14.3 Å². The van der Waals surface area contributed by atoms with E-state index in [2.05, 4.69) is 32.6 Å². The van der Waals surface area contributed by atoms with Gasteiger partial charge in [-0.1, -0.05) is 62.9 Å². The minimum atomic E-state index is -0.860. The van der Waals surface area contributed by atoms with Crippen LogP contribution in [-0.2, 0) is 17.8 Å². The first-order chi connectivity index (χ1) is 18.1. The lowest BCUT2D eigenvalue weighted by atomic mass is 9.84. The number of carboxylic acids is 1. The largest absolute Gasteiger partial charge is 0.497 e. The number of carboxylic acid groups (broad SMARTS) is 1. The molecule has 1 saturated carbocycles. The van der Waals surface area contributed by atoms with Crippen LogP contribution in [0.4, 0.5) is 4.39 Å². The fraction of sp³-hybridized carbons (Fsp3) is 0.364. The molecule has 3 aromatic carbocycles. The first-order valence-corrected chi connectivity index (χ1v) is 13.0. The highest BCUT2D eigenvalue weighted by atomic mass is 19.1. The van der Waals surface area contributed by atoms with Gasteiger partial charge in [0.05, 0.1) is 19.4 Å². The summed E-state index contributed by atoms with van der Waals surface area (Å²) in [5, 5.41) is 9.38. The number of carbonyl (C=O) groups is 1. The van der Waals surface area contributed by atoms with Crippen molar-refractivity contribution >= 4 is 5.97 Å². The van der Waals surface area contributed by atoms with Gasteiger partial charge in [-0.25, -0.2) is 4.39 Å². The van der Waals surface area contributed by atoms with Crippen LogP contribution < -0.4 is 9.47 Å². The quantitative estimate of drug-likeness (QED) is 0.298. The zero-order chi connectivity index (χ0) is 27.3. The molecule has 0 saturated heterocycles. The standard InChI is InChI=1S/C33H35FO4/c1-33(2,3)20-26-17-28(12-14-29(26)30-19-27(37-4)13-15-31(30)34)38-21-23-6-5-7-24(16-23)25(18-32(35)36)11-10-22-8-9-22/h5-7,12-17,19,22,25H,8-9,18,20-21H2,1-4H3,(H,35,36). The molecule has 0 aromatic heterocycles. The van der Waals surface area contributed by atoms with Crippen LogP contribution in [0, 0.1) is 29.0 Å².